The van der Waals surface area contributed by atoms with Crippen molar-refractivity contribution in [3.05, 3.63) is 40.2 Å². The fourth-order valence-corrected chi connectivity index (χ4v) is 1.28. The van der Waals surface area contributed by atoms with E-state index in [2.05, 4.69) is 19.9 Å². The van der Waals surface area contributed by atoms with Crippen molar-refractivity contribution in [3.8, 4) is 11.5 Å². The number of nitrogens with one attached hydrogen (secondary N) is 1. The Morgan fingerprint density at radius 2 is 2.25 bits per heavy atom. The van der Waals surface area contributed by atoms with Gasteiger partial charge in [0.15, 0.2) is 5.82 Å². The van der Waals surface area contributed by atoms with Crippen molar-refractivity contribution in [1.29, 1.82) is 0 Å². The zero-order chi connectivity index (χ0) is 11.5. The molecule has 6 heteroatoms. The smallest absolute Gasteiger partial charge is 0.255 e. The zero-order valence-electron chi connectivity index (χ0n) is 8.77. The number of nitrogens with two attached hydrogens (primary N) is 1. The minimum Gasteiger partial charge on any atom is -0.326 e. The fraction of sp³-hybridized carbons (Fsp3) is 0.200. The molecular weight excluding hydrogens is 206 g/mol. The Labute approximate surface area is 91.6 Å². The summed E-state index contributed by atoms with van der Waals surface area (Å²) in [6, 6.07) is 1.69. The minimum atomic E-state index is -0.233. The van der Waals surface area contributed by atoms with Crippen molar-refractivity contribution in [2.75, 3.05) is 0 Å². The lowest BCUT2D eigenvalue weighted by atomic mass is 10.3. The second-order valence-electron chi connectivity index (χ2n) is 3.28. The van der Waals surface area contributed by atoms with Gasteiger partial charge in [-0.1, -0.05) is 0 Å². The average Bonchev–Trinajstić information content (AvgIpc) is 2.29. The van der Waals surface area contributed by atoms with Gasteiger partial charge in [0.25, 0.3) is 5.56 Å². The molecule has 2 heterocycles. The molecule has 0 saturated heterocycles. The zero-order valence-corrected chi connectivity index (χ0v) is 8.77. The first-order chi connectivity index (χ1) is 7.70. The normalized spacial score (nSPS) is 10.4. The number of aryl methyl sites for hydroxylation is 1. The van der Waals surface area contributed by atoms with E-state index in [0.717, 1.165) is 0 Å². The third-order valence-electron chi connectivity index (χ3n) is 2.11. The van der Waals surface area contributed by atoms with Crippen molar-refractivity contribution < 1.29 is 0 Å². The summed E-state index contributed by atoms with van der Waals surface area (Å²) >= 11 is 0. The average molecular weight is 217 g/mol. The maximum Gasteiger partial charge on any atom is 0.255 e. The van der Waals surface area contributed by atoms with Crippen LogP contribution in [0.15, 0.2) is 23.3 Å². The van der Waals surface area contributed by atoms with Crippen LogP contribution in [0.3, 0.4) is 0 Å². The number of rotatable bonds is 2. The van der Waals surface area contributed by atoms with E-state index in [1.54, 1.807) is 19.2 Å². The lowest BCUT2D eigenvalue weighted by molar-refractivity contribution is 0.965. The van der Waals surface area contributed by atoms with Crippen molar-refractivity contribution in [2.24, 2.45) is 5.73 Å². The van der Waals surface area contributed by atoms with Gasteiger partial charge in [-0.05, 0) is 13.0 Å². The number of hydrogen-bond donors (Lipinski definition) is 2. The first-order valence-electron chi connectivity index (χ1n) is 4.79. The monoisotopic (exact) mass is 217 g/mol. The summed E-state index contributed by atoms with van der Waals surface area (Å²) in [7, 11) is 0. The predicted molar refractivity (Wildman–Crippen MR) is 58.5 cm³/mol. The number of nitrogens with zero attached hydrogens (tertiary/aromatic N) is 3. The highest BCUT2D eigenvalue weighted by Gasteiger charge is 2.04. The van der Waals surface area contributed by atoms with Crippen LogP contribution in [-0.4, -0.2) is 19.9 Å². The molecule has 16 heavy (non-hydrogen) atoms. The van der Waals surface area contributed by atoms with Gasteiger partial charge in [0, 0.05) is 24.5 Å². The summed E-state index contributed by atoms with van der Waals surface area (Å²) in [6.45, 7) is 1.95. The van der Waals surface area contributed by atoms with Crippen LogP contribution >= 0.6 is 0 Å². The molecule has 2 aromatic heterocycles. The maximum atomic E-state index is 11.5. The van der Waals surface area contributed by atoms with Gasteiger partial charge in [0.1, 0.15) is 11.5 Å². The van der Waals surface area contributed by atoms with Gasteiger partial charge < -0.3 is 10.7 Å². The number of hydrogen-bond acceptors (Lipinski definition) is 5. The third-order valence-corrected chi connectivity index (χ3v) is 2.11. The molecule has 3 N–H and O–H groups in total. The lowest BCUT2D eigenvalue weighted by Gasteiger charge is -2.01. The van der Waals surface area contributed by atoms with E-state index in [4.69, 9.17) is 5.73 Å². The summed E-state index contributed by atoms with van der Waals surface area (Å²) in [5.41, 5.74) is 6.19. The molecule has 0 aliphatic carbocycles. The van der Waals surface area contributed by atoms with Crippen LogP contribution in [-0.2, 0) is 6.54 Å². The molecule has 6 nitrogen and oxygen atoms in total. The molecule has 0 aliphatic rings. The van der Waals surface area contributed by atoms with Crippen molar-refractivity contribution in [1.82, 2.24) is 19.9 Å². The highest BCUT2D eigenvalue weighted by atomic mass is 16.1. The third kappa shape index (κ3) is 1.96. The van der Waals surface area contributed by atoms with Gasteiger partial charge in [0.05, 0.1) is 0 Å². The van der Waals surface area contributed by atoms with Crippen molar-refractivity contribution in [2.45, 2.75) is 13.5 Å². The van der Waals surface area contributed by atoms with Crippen LogP contribution in [0, 0.1) is 6.92 Å². The first-order valence-corrected chi connectivity index (χ1v) is 4.79. The van der Waals surface area contributed by atoms with Crippen molar-refractivity contribution in [3.63, 3.8) is 0 Å². The molecule has 0 aromatic carbocycles. The highest BCUT2D eigenvalue weighted by Crippen LogP contribution is 2.08. The molecular formula is C10H11N5O. The molecule has 0 saturated carbocycles. The fourth-order valence-electron chi connectivity index (χ4n) is 1.28. The number of aromatic amines is 1. The van der Waals surface area contributed by atoms with Gasteiger partial charge >= 0.3 is 0 Å². The second kappa shape index (κ2) is 4.19. The van der Waals surface area contributed by atoms with Crippen LogP contribution in [0.2, 0.25) is 0 Å². The van der Waals surface area contributed by atoms with Gasteiger partial charge in [-0.2, -0.15) is 0 Å². The van der Waals surface area contributed by atoms with Gasteiger partial charge in [-0.25, -0.2) is 15.0 Å². The van der Waals surface area contributed by atoms with E-state index in [0.29, 0.717) is 22.9 Å². The highest BCUT2D eigenvalue weighted by molar-refractivity contribution is 5.47. The van der Waals surface area contributed by atoms with Gasteiger partial charge in [-0.15, -0.1) is 0 Å². The Balaban J connectivity index is 2.49. The second-order valence-corrected chi connectivity index (χ2v) is 3.28. The van der Waals surface area contributed by atoms with E-state index >= 15 is 0 Å². The first kappa shape index (κ1) is 10.4. The Hall–Kier alpha value is -2.08. The number of H-pyrrole nitrogens is 1. The molecule has 0 fully saturated rings. The predicted octanol–water partition coefficient (Wildman–Crippen LogP) is -0.00598. The van der Waals surface area contributed by atoms with Crippen molar-refractivity contribution >= 4 is 0 Å². The number of aromatic nitrogens is 4. The van der Waals surface area contributed by atoms with E-state index < -0.39 is 0 Å². The van der Waals surface area contributed by atoms with Crippen LogP contribution in [0.4, 0.5) is 0 Å². The van der Waals surface area contributed by atoms with Crippen LogP contribution in [0.5, 0.6) is 0 Å². The summed E-state index contributed by atoms with van der Waals surface area (Å²) in [5, 5.41) is 0. The summed E-state index contributed by atoms with van der Waals surface area (Å²) in [5.74, 6) is 1.05. The standard InChI is InChI=1S/C10H11N5O/c1-6-12-3-2-8(14-6)9-13-5-7(4-11)10(16)15-9/h2-3,5H,4,11H2,1H3,(H,13,15,16). The van der Waals surface area contributed by atoms with Crippen LogP contribution < -0.4 is 11.3 Å². The van der Waals surface area contributed by atoms with E-state index in [1.807, 2.05) is 0 Å². The molecule has 0 atom stereocenters. The lowest BCUT2D eigenvalue weighted by Crippen LogP contribution is -2.17. The molecule has 82 valence electrons. The molecule has 2 aromatic rings. The quantitative estimate of drug-likeness (QED) is 0.737. The molecule has 0 radical (unpaired) electrons. The Kier molecular flexibility index (Phi) is 2.74. The summed E-state index contributed by atoms with van der Waals surface area (Å²) in [6.07, 6.45) is 3.08. The van der Waals surface area contributed by atoms with Gasteiger partial charge in [-0.3, -0.25) is 4.79 Å². The molecule has 0 amide bonds. The molecule has 0 aliphatic heterocycles. The van der Waals surface area contributed by atoms with Crippen LogP contribution in [0.25, 0.3) is 11.5 Å². The van der Waals surface area contributed by atoms with E-state index in [9.17, 15) is 4.79 Å². The SMILES string of the molecule is Cc1nccc(-c2ncc(CN)c(=O)[nH]2)n1. The Morgan fingerprint density at radius 3 is 2.88 bits per heavy atom. The Bertz CT molecular complexity index is 563. The molecule has 2 rings (SSSR count). The topological polar surface area (TPSA) is 97.5 Å². The van der Waals surface area contributed by atoms with Gasteiger partial charge in [0.2, 0.25) is 0 Å². The largest absolute Gasteiger partial charge is 0.326 e. The van der Waals surface area contributed by atoms with Crippen LogP contribution in [0.1, 0.15) is 11.4 Å². The Morgan fingerprint density at radius 1 is 1.44 bits per heavy atom. The van der Waals surface area contributed by atoms with E-state index in [-0.39, 0.29) is 12.1 Å². The maximum absolute atomic E-state index is 11.5. The molecule has 0 spiro atoms. The molecule has 0 bridgehead atoms. The summed E-state index contributed by atoms with van der Waals surface area (Å²) in [4.78, 5) is 26.4. The minimum absolute atomic E-state index is 0.172. The summed E-state index contributed by atoms with van der Waals surface area (Å²) < 4.78 is 0. The van der Waals surface area contributed by atoms with E-state index in [1.165, 1.54) is 6.20 Å². The molecule has 0 unspecified atom stereocenters.